The topological polar surface area (TPSA) is 76.1 Å². The van der Waals surface area contributed by atoms with Crippen LogP contribution < -0.4 is 5.32 Å². The van der Waals surface area contributed by atoms with Crippen molar-refractivity contribution >= 4 is 32.2 Å². The van der Waals surface area contributed by atoms with Gasteiger partial charge in [-0.1, -0.05) is 49.4 Å². The van der Waals surface area contributed by atoms with Crippen molar-refractivity contribution in [3.05, 3.63) is 65.5 Å². The molecule has 0 atom stereocenters. The van der Waals surface area contributed by atoms with Crippen LogP contribution in [-0.2, 0) is 9.84 Å². The summed E-state index contributed by atoms with van der Waals surface area (Å²) in [6.07, 6.45) is 0. The monoisotopic (exact) mass is 372 g/mol. The van der Waals surface area contributed by atoms with E-state index in [1.54, 1.807) is 19.1 Å². The molecule has 0 unspecified atom stereocenters. The highest BCUT2D eigenvalue weighted by atomic mass is 32.2. The van der Waals surface area contributed by atoms with Crippen molar-refractivity contribution in [2.75, 3.05) is 11.1 Å². The maximum absolute atomic E-state index is 12.5. The van der Waals surface area contributed by atoms with Gasteiger partial charge in [0.05, 0.1) is 21.9 Å². The number of carbonyl (C=O) groups is 1. The smallest absolute Gasteiger partial charge is 0.258 e. The lowest BCUT2D eigenvalue weighted by atomic mass is 10.2. The first-order chi connectivity index (χ1) is 12.0. The molecular weight excluding hydrogens is 356 g/mol. The fourth-order valence-electron chi connectivity index (χ4n) is 2.32. The zero-order valence-corrected chi connectivity index (χ0v) is 15.1. The first kappa shape index (κ1) is 17.3. The molecule has 0 saturated heterocycles. The number of anilines is 1. The molecule has 1 amide bonds. The number of carbonyl (C=O) groups excluding carboxylic acids is 1. The van der Waals surface area contributed by atoms with Gasteiger partial charge in [-0.25, -0.2) is 13.4 Å². The summed E-state index contributed by atoms with van der Waals surface area (Å²) in [7, 11) is -3.48. The van der Waals surface area contributed by atoms with Gasteiger partial charge in [-0.3, -0.25) is 10.1 Å². The Labute approximate surface area is 150 Å². The Morgan fingerprint density at radius 2 is 1.76 bits per heavy atom. The van der Waals surface area contributed by atoms with Gasteiger partial charge in [0.2, 0.25) is 0 Å². The van der Waals surface area contributed by atoms with Crippen LogP contribution in [0.3, 0.4) is 0 Å². The molecular formula is C18H16N2O3S2. The van der Waals surface area contributed by atoms with Gasteiger partial charge >= 0.3 is 0 Å². The molecule has 1 aromatic heterocycles. The number of hydrogen-bond acceptors (Lipinski definition) is 5. The third-order valence-electron chi connectivity index (χ3n) is 3.64. The summed E-state index contributed by atoms with van der Waals surface area (Å²) in [4.78, 5) is 17.0. The van der Waals surface area contributed by atoms with Crippen molar-refractivity contribution < 1.29 is 13.2 Å². The number of sulfone groups is 1. The van der Waals surface area contributed by atoms with Crippen molar-refractivity contribution in [2.45, 2.75) is 11.8 Å². The molecule has 5 nitrogen and oxygen atoms in total. The van der Waals surface area contributed by atoms with Crippen LogP contribution in [0.2, 0.25) is 0 Å². The molecule has 7 heteroatoms. The van der Waals surface area contributed by atoms with Crippen LogP contribution in [-0.4, -0.2) is 25.1 Å². The fourth-order valence-corrected chi connectivity index (χ4v) is 4.13. The first-order valence-electron chi connectivity index (χ1n) is 7.65. The third-order valence-corrected chi connectivity index (χ3v) is 6.18. The van der Waals surface area contributed by atoms with Crippen LogP contribution in [0.5, 0.6) is 0 Å². The number of nitrogens with zero attached hydrogens (tertiary/aromatic N) is 1. The number of rotatable bonds is 5. The summed E-state index contributed by atoms with van der Waals surface area (Å²) in [5, 5.41) is 4.96. The summed E-state index contributed by atoms with van der Waals surface area (Å²) >= 11 is 1.29. The van der Waals surface area contributed by atoms with Crippen LogP contribution in [0.4, 0.5) is 5.13 Å². The highest BCUT2D eigenvalue weighted by Crippen LogP contribution is 2.25. The Kier molecular flexibility index (Phi) is 4.96. The highest BCUT2D eigenvalue weighted by molar-refractivity contribution is 7.91. The van der Waals surface area contributed by atoms with E-state index >= 15 is 0 Å². The van der Waals surface area contributed by atoms with Crippen LogP contribution in [0.15, 0.2) is 64.9 Å². The largest absolute Gasteiger partial charge is 0.298 e. The summed E-state index contributed by atoms with van der Waals surface area (Å²) in [5.74, 6) is -0.547. The number of aromatic nitrogens is 1. The fraction of sp³-hybridized carbons (Fsp3) is 0.111. The molecule has 0 saturated carbocycles. The van der Waals surface area contributed by atoms with Crippen molar-refractivity contribution in [3.8, 4) is 11.3 Å². The van der Waals surface area contributed by atoms with Crippen LogP contribution >= 0.6 is 11.3 Å². The van der Waals surface area contributed by atoms with Gasteiger partial charge in [0.25, 0.3) is 5.91 Å². The third kappa shape index (κ3) is 3.78. The van der Waals surface area contributed by atoms with E-state index in [0.29, 0.717) is 5.13 Å². The molecule has 1 N–H and O–H groups in total. The number of hydrogen-bond donors (Lipinski definition) is 1. The molecule has 1 heterocycles. The molecule has 0 radical (unpaired) electrons. The van der Waals surface area contributed by atoms with E-state index in [0.717, 1.165) is 11.3 Å². The van der Waals surface area contributed by atoms with Crippen LogP contribution in [0, 0.1) is 0 Å². The van der Waals surface area contributed by atoms with E-state index in [1.807, 2.05) is 35.7 Å². The zero-order valence-electron chi connectivity index (χ0n) is 13.5. The Morgan fingerprint density at radius 3 is 2.48 bits per heavy atom. The van der Waals surface area contributed by atoms with Gasteiger partial charge in [-0.05, 0) is 12.1 Å². The summed E-state index contributed by atoms with van der Waals surface area (Å²) in [6.45, 7) is 1.55. The minimum atomic E-state index is -3.48. The van der Waals surface area contributed by atoms with E-state index in [4.69, 9.17) is 0 Å². The molecule has 0 spiro atoms. The Hall–Kier alpha value is -2.51. The van der Waals surface area contributed by atoms with Crippen LogP contribution in [0.25, 0.3) is 11.3 Å². The molecule has 0 aliphatic carbocycles. The average molecular weight is 372 g/mol. The van der Waals surface area contributed by atoms with Gasteiger partial charge in [-0.15, -0.1) is 11.3 Å². The first-order valence-corrected chi connectivity index (χ1v) is 10.2. The van der Waals surface area contributed by atoms with Crippen molar-refractivity contribution in [1.29, 1.82) is 0 Å². The average Bonchev–Trinajstić information content (AvgIpc) is 3.11. The molecule has 0 aliphatic heterocycles. The van der Waals surface area contributed by atoms with E-state index < -0.39 is 15.7 Å². The molecule has 2 aromatic carbocycles. The predicted octanol–water partition coefficient (Wildman–Crippen LogP) is 3.86. The molecule has 25 heavy (non-hydrogen) atoms. The molecule has 3 rings (SSSR count). The lowest BCUT2D eigenvalue weighted by molar-refractivity contribution is 0.102. The summed E-state index contributed by atoms with van der Waals surface area (Å²) < 4.78 is 24.3. The SMILES string of the molecule is CCS(=O)(=O)c1ccccc1C(=O)Nc1nc(-c2ccccc2)cs1. The molecule has 0 bridgehead atoms. The molecule has 128 valence electrons. The van der Waals surface area contributed by atoms with Gasteiger partial charge in [0, 0.05) is 10.9 Å². The summed E-state index contributed by atoms with van der Waals surface area (Å²) in [5.41, 5.74) is 1.84. The second-order valence-electron chi connectivity index (χ2n) is 5.26. The van der Waals surface area contributed by atoms with Gasteiger partial charge in [0.15, 0.2) is 15.0 Å². The molecule has 3 aromatic rings. The Balaban J connectivity index is 1.86. The second-order valence-corrected chi connectivity index (χ2v) is 8.36. The Bertz CT molecular complexity index is 996. The van der Waals surface area contributed by atoms with Gasteiger partial charge < -0.3 is 0 Å². The summed E-state index contributed by atoms with van der Waals surface area (Å²) in [6, 6.07) is 15.8. The van der Waals surface area contributed by atoms with Crippen molar-refractivity contribution in [2.24, 2.45) is 0 Å². The lowest BCUT2D eigenvalue weighted by Gasteiger charge is -2.08. The number of nitrogens with one attached hydrogen (secondary N) is 1. The van der Waals surface area contributed by atoms with Crippen molar-refractivity contribution in [1.82, 2.24) is 4.98 Å². The molecule has 0 fully saturated rings. The highest BCUT2D eigenvalue weighted by Gasteiger charge is 2.21. The van der Waals surface area contributed by atoms with Gasteiger partial charge in [0.1, 0.15) is 0 Å². The van der Waals surface area contributed by atoms with E-state index in [9.17, 15) is 13.2 Å². The predicted molar refractivity (Wildman–Crippen MR) is 99.7 cm³/mol. The lowest BCUT2D eigenvalue weighted by Crippen LogP contribution is -2.17. The van der Waals surface area contributed by atoms with Crippen LogP contribution in [0.1, 0.15) is 17.3 Å². The quantitative estimate of drug-likeness (QED) is 0.738. The van der Waals surface area contributed by atoms with Crippen molar-refractivity contribution in [3.63, 3.8) is 0 Å². The minimum Gasteiger partial charge on any atom is -0.298 e. The minimum absolute atomic E-state index is 0.0369. The second kappa shape index (κ2) is 7.16. The number of amides is 1. The van der Waals surface area contributed by atoms with E-state index in [-0.39, 0.29) is 16.2 Å². The Morgan fingerprint density at radius 1 is 1.08 bits per heavy atom. The molecule has 0 aliphatic rings. The number of benzene rings is 2. The van der Waals surface area contributed by atoms with Gasteiger partial charge in [-0.2, -0.15) is 0 Å². The standard InChI is InChI=1S/C18H16N2O3S2/c1-2-25(22,23)16-11-7-6-10-14(16)17(21)20-18-19-15(12-24-18)13-8-4-3-5-9-13/h3-12H,2H2,1H3,(H,19,20,21). The maximum atomic E-state index is 12.5. The number of thiazole rings is 1. The normalized spacial score (nSPS) is 11.2. The van der Waals surface area contributed by atoms with E-state index in [2.05, 4.69) is 10.3 Å². The zero-order chi connectivity index (χ0) is 17.9. The maximum Gasteiger partial charge on any atom is 0.258 e. The van der Waals surface area contributed by atoms with E-state index in [1.165, 1.54) is 23.5 Å².